The lowest BCUT2D eigenvalue weighted by atomic mass is 9.96. The number of allylic oxidation sites excluding steroid dienone is 1. The van der Waals surface area contributed by atoms with Crippen LogP contribution in [0.25, 0.3) is 0 Å². The van der Waals surface area contributed by atoms with Crippen LogP contribution in [0.4, 0.5) is 0 Å². The van der Waals surface area contributed by atoms with Gasteiger partial charge >= 0.3 is 0 Å². The maximum absolute atomic E-state index is 3.10. The lowest BCUT2D eigenvalue weighted by Gasteiger charge is -2.10. The Labute approximate surface area is 64.5 Å². The van der Waals surface area contributed by atoms with E-state index in [1.54, 1.807) is 0 Å². The zero-order valence-electron chi connectivity index (χ0n) is 7.57. The highest BCUT2D eigenvalue weighted by atomic mass is 14.8. The van der Waals surface area contributed by atoms with Crippen LogP contribution in [0, 0.1) is 5.41 Å². The van der Waals surface area contributed by atoms with Crippen molar-refractivity contribution < 1.29 is 0 Å². The molecule has 0 aliphatic rings. The fourth-order valence-electron chi connectivity index (χ4n) is 0.665. The van der Waals surface area contributed by atoms with Crippen LogP contribution in [-0.4, -0.2) is 13.6 Å². The van der Waals surface area contributed by atoms with Crippen molar-refractivity contribution in [3.05, 3.63) is 12.2 Å². The maximum Gasteiger partial charge on any atom is -0.00173 e. The van der Waals surface area contributed by atoms with Crippen molar-refractivity contribution in [2.24, 2.45) is 5.41 Å². The molecule has 0 atom stereocenters. The van der Waals surface area contributed by atoms with Crippen LogP contribution in [0.2, 0.25) is 0 Å². The van der Waals surface area contributed by atoms with Crippen molar-refractivity contribution in [1.29, 1.82) is 0 Å². The van der Waals surface area contributed by atoms with E-state index < -0.39 is 0 Å². The molecule has 0 aromatic heterocycles. The molecule has 0 heterocycles. The Kier molecular flexibility index (Phi) is 4.37. The van der Waals surface area contributed by atoms with E-state index in [9.17, 15) is 0 Å². The third kappa shape index (κ3) is 7.70. The first-order valence-corrected chi connectivity index (χ1v) is 3.88. The normalized spacial score (nSPS) is 12.8. The van der Waals surface area contributed by atoms with Crippen molar-refractivity contribution >= 4 is 0 Å². The molecular formula is C9H19N. The fraction of sp³-hybridized carbons (Fsp3) is 0.778. The van der Waals surface area contributed by atoms with E-state index in [2.05, 4.69) is 38.2 Å². The molecule has 0 fully saturated rings. The second-order valence-electron chi connectivity index (χ2n) is 3.66. The van der Waals surface area contributed by atoms with E-state index in [1.165, 1.54) is 0 Å². The van der Waals surface area contributed by atoms with E-state index in [1.807, 2.05) is 7.05 Å². The van der Waals surface area contributed by atoms with Crippen molar-refractivity contribution in [3.63, 3.8) is 0 Å². The van der Waals surface area contributed by atoms with Crippen LogP contribution in [0.15, 0.2) is 12.2 Å². The first-order chi connectivity index (χ1) is 4.56. The highest BCUT2D eigenvalue weighted by Crippen LogP contribution is 2.14. The van der Waals surface area contributed by atoms with Gasteiger partial charge in [-0.25, -0.2) is 0 Å². The zero-order valence-corrected chi connectivity index (χ0v) is 7.57. The van der Waals surface area contributed by atoms with E-state index in [-0.39, 0.29) is 0 Å². The number of hydrogen-bond donors (Lipinski definition) is 1. The summed E-state index contributed by atoms with van der Waals surface area (Å²) in [6.07, 6.45) is 5.62. The quantitative estimate of drug-likeness (QED) is 0.469. The number of nitrogens with one attached hydrogen (secondary N) is 1. The minimum absolute atomic E-state index is 0.341. The summed E-state index contributed by atoms with van der Waals surface area (Å²) < 4.78 is 0. The summed E-state index contributed by atoms with van der Waals surface area (Å²) in [6.45, 7) is 7.71. The van der Waals surface area contributed by atoms with Crippen molar-refractivity contribution in [2.75, 3.05) is 13.6 Å². The Morgan fingerprint density at radius 3 is 2.30 bits per heavy atom. The van der Waals surface area contributed by atoms with E-state index >= 15 is 0 Å². The third-order valence-electron chi connectivity index (χ3n) is 1.18. The molecule has 0 saturated carbocycles. The molecule has 1 heteroatoms. The molecule has 1 nitrogen and oxygen atoms in total. The predicted molar refractivity (Wildman–Crippen MR) is 47.1 cm³/mol. The second-order valence-corrected chi connectivity index (χ2v) is 3.66. The third-order valence-corrected chi connectivity index (χ3v) is 1.18. The molecule has 0 amide bonds. The Balaban J connectivity index is 3.37. The lowest BCUT2D eigenvalue weighted by molar-refractivity contribution is 0.541. The first-order valence-electron chi connectivity index (χ1n) is 3.88. The molecule has 0 saturated heterocycles. The van der Waals surface area contributed by atoms with Gasteiger partial charge < -0.3 is 5.32 Å². The lowest BCUT2D eigenvalue weighted by Crippen LogP contribution is -2.06. The van der Waals surface area contributed by atoms with Gasteiger partial charge in [0.2, 0.25) is 0 Å². The van der Waals surface area contributed by atoms with Gasteiger partial charge in [0.15, 0.2) is 0 Å². The van der Waals surface area contributed by atoms with Gasteiger partial charge in [-0.05, 0) is 25.4 Å². The van der Waals surface area contributed by atoms with Crippen LogP contribution in [0.1, 0.15) is 27.2 Å². The van der Waals surface area contributed by atoms with Crippen LogP contribution in [0.5, 0.6) is 0 Å². The molecule has 0 aliphatic carbocycles. The highest BCUT2D eigenvalue weighted by molar-refractivity contribution is 4.92. The summed E-state index contributed by atoms with van der Waals surface area (Å²) >= 11 is 0. The monoisotopic (exact) mass is 141 g/mol. The van der Waals surface area contributed by atoms with Crippen molar-refractivity contribution in [1.82, 2.24) is 5.32 Å². The molecule has 0 bridgehead atoms. The van der Waals surface area contributed by atoms with Crippen LogP contribution < -0.4 is 5.32 Å². The Hall–Kier alpha value is -0.300. The summed E-state index contributed by atoms with van der Waals surface area (Å²) in [5, 5.41) is 3.10. The summed E-state index contributed by atoms with van der Waals surface area (Å²) in [5.41, 5.74) is 0.341. The Bertz CT molecular complexity index is 97.8. The molecule has 0 unspecified atom stereocenters. The van der Waals surface area contributed by atoms with Crippen LogP contribution >= 0.6 is 0 Å². The Morgan fingerprint density at radius 1 is 1.30 bits per heavy atom. The van der Waals surface area contributed by atoms with Gasteiger partial charge in [-0.3, -0.25) is 0 Å². The molecule has 0 radical (unpaired) electrons. The van der Waals surface area contributed by atoms with Gasteiger partial charge in [0.1, 0.15) is 0 Å². The van der Waals surface area contributed by atoms with E-state index in [0.717, 1.165) is 13.0 Å². The largest absolute Gasteiger partial charge is 0.319 e. The smallest absolute Gasteiger partial charge is 0.00173 e. The molecule has 0 aromatic rings. The molecule has 0 aliphatic heterocycles. The van der Waals surface area contributed by atoms with Gasteiger partial charge in [0, 0.05) is 0 Å². The van der Waals surface area contributed by atoms with Gasteiger partial charge in [-0.1, -0.05) is 32.9 Å². The van der Waals surface area contributed by atoms with Gasteiger partial charge in [-0.2, -0.15) is 0 Å². The fourth-order valence-corrected chi connectivity index (χ4v) is 0.665. The van der Waals surface area contributed by atoms with E-state index in [4.69, 9.17) is 0 Å². The van der Waals surface area contributed by atoms with Gasteiger partial charge in [0.25, 0.3) is 0 Å². The van der Waals surface area contributed by atoms with Gasteiger partial charge in [0.05, 0.1) is 0 Å². The van der Waals surface area contributed by atoms with Crippen LogP contribution in [-0.2, 0) is 0 Å². The first kappa shape index (κ1) is 9.70. The summed E-state index contributed by atoms with van der Waals surface area (Å²) in [5.74, 6) is 0. The van der Waals surface area contributed by atoms with Crippen LogP contribution in [0.3, 0.4) is 0 Å². The number of hydrogen-bond acceptors (Lipinski definition) is 1. The molecule has 0 aromatic carbocycles. The van der Waals surface area contributed by atoms with Crippen molar-refractivity contribution in [3.8, 4) is 0 Å². The molecule has 0 rings (SSSR count). The summed E-state index contributed by atoms with van der Waals surface area (Å²) in [7, 11) is 1.98. The van der Waals surface area contributed by atoms with Crippen molar-refractivity contribution in [2.45, 2.75) is 27.2 Å². The minimum atomic E-state index is 0.341. The average molecular weight is 141 g/mol. The SMILES string of the molecule is CNCC/C=C/C(C)(C)C. The maximum atomic E-state index is 3.10. The Morgan fingerprint density at radius 2 is 1.90 bits per heavy atom. The topological polar surface area (TPSA) is 12.0 Å². The predicted octanol–water partition coefficient (Wildman–Crippen LogP) is 2.20. The average Bonchev–Trinajstić information content (AvgIpc) is 1.78. The second kappa shape index (κ2) is 4.51. The molecular weight excluding hydrogens is 122 g/mol. The highest BCUT2D eigenvalue weighted by Gasteiger charge is 2.01. The van der Waals surface area contributed by atoms with E-state index in [0.29, 0.717) is 5.41 Å². The standard InChI is InChI=1S/C9H19N/c1-9(2,3)7-5-6-8-10-4/h5,7,10H,6,8H2,1-4H3/b7-5+. The van der Waals surface area contributed by atoms with Gasteiger partial charge in [-0.15, -0.1) is 0 Å². The zero-order chi connectivity index (χ0) is 8.04. The molecule has 60 valence electrons. The molecule has 10 heavy (non-hydrogen) atoms. The summed E-state index contributed by atoms with van der Waals surface area (Å²) in [6, 6.07) is 0. The summed E-state index contributed by atoms with van der Waals surface area (Å²) in [4.78, 5) is 0. The minimum Gasteiger partial charge on any atom is -0.319 e. The molecule has 1 N–H and O–H groups in total. The number of rotatable bonds is 3. The molecule has 0 spiro atoms.